The van der Waals surface area contributed by atoms with Crippen LogP contribution in [0, 0.1) is 11.3 Å². The summed E-state index contributed by atoms with van der Waals surface area (Å²) in [6.07, 6.45) is 1.95. The fraction of sp³-hybridized carbons (Fsp3) is 0.160. The lowest BCUT2D eigenvalue weighted by Crippen LogP contribution is -2.32. The van der Waals surface area contributed by atoms with E-state index in [0.29, 0.717) is 28.2 Å². The fourth-order valence-electron chi connectivity index (χ4n) is 4.41. The summed E-state index contributed by atoms with van der Waals surface area (Å²) in [4.78, 5) is 31.4. The minimum atomic E-state index is -0.404. The Morgan fingerprint density at radius 1 is 1.06 bits per heavy atom. The van der Waals surface area contributed by atoms with E-state index in [1.54, 1.807) is 7.11 Å². The molecule has 2 amide bonds. The number of imide groups is 1. The monoisotopic (exact) mass is 424 g/mol. The number of carbonyl (C=O) groups excluding carboxylic acids is 2. The van der Waals surface area contributed by atoms with Crippen LogP contribution in [0.4, 0.5) is 0 Å². The molecule has 7 nitrogen and oxygen atoms in total. The minimum absolute atomic E-state index is 0.0511. The molecule has 7 heteroatoms. The Morgan fingerprint density at radius 3 is 2.62 bits per heavy atom. The summed E-state index contributed by atoms with van der Waals surface area (Å²) >= 11 is 0. The predicted octanol–water partition coefficient (Wildman–Crippen LogP) is 3.86. The molecule has 1 N–H and O–H groups in total. The normalized spacial score (nSPS) is 14.1. The van der Waals surface area contributed by atoms with Crippen LogP contribution in [0.15, 0.2) is 54.7 Å². The molecule has 0 saturated heterocycles. The van der Waals surface area contributed by atoms with Gasteiger partial charge in [-0.2, -0.15) is 5.26 Å². The standard InChI is InChI=1S/C25H20N4O3/c1-28-14-17(16-8-3-4-9-19(16)28)21-22(25(31)29(24(21)30)12-6-11-26)18-13-15-7-5-10-20(32-2)23(15)27-18/h3-5,7-10,13-14,27H,6,12H2,1-2H3. The lowest BCUT2D eigenvalue weighted by atomic mass is 9.99. The number of aromatic nitrogens is 2. The zero-order valence-electron chi connectivity index (χ0n) is 17.7. The van der Waals surface area contributed by atoms with Crippen molar-refractivity contribution < 1.29 is 14.3 Å². The number of aryl methyl sites for hydroxylation is 1. The average molecular weight is 424 g/mol. The van der Waals surface area contributed by atoms with Crippen LogP contribution in [-0.4, -0.2) is 39.9 Å². The van der Waals surface area contributed by atoms with Crippen LogP contribution in [0.25, 0.3) is 33.0 Å². The van der Waals surface area contributed by atoms with Crippen molar-refractivity contribution in [1.29, 1.82) is 5.26 Å². The highest BCUT2D eigenvalue weighted by Gasteiger charge is 2.41. The number of fused-ring (bicyclic) bond motifs is 2. The van der Waals surface area contributed by atoms with Gasteiger partial charge in [-0.1, -0.05) is 30.3 Å². The number of nitrogens with zero attached hydrogens (tertiary/aromatic N) is 3. The van der Waals surface area contributed by atoms with Crippen LogP contribution in [0.2, 0.25) is 0 Å². The summed E-state index contributed by atoms with van der Waals surface area (Å²) in [5.74, 6) is -0.139. The van der Waals surface area contributed by atoms with E-state index >= 15 is 0 Å². The Balaban J connectivity index is 1.78. The molecule has 3 heterocycles. The number of hydrogen-bond donors (Lipinski definition) is 1. The first kappa shape index (κ1) is 19.6. The van der Waals surface area contributed by atoms with Gasteiger partial charge < -0.3 is 14.3 Å². The van der Waals surface area contributed by atoms with Crippen molar-refractivity contribution in [2.75, 3.05) is 13.7 Å². The van der Waals surface area contributed by atoms with Crippen LogP contribution in [0.3, 0.4) is 0 Å². The number of rotatable bonds is 5. The second-order valence-corrected chi connectivity index (χ2v) is 7.70. The molecule has 1 aliphatic rings. The maximum atomic E-state index is 13.5. The highest BCUT2D eigenvalue weighted by molar-refractivity contribution is 6.49. The summed E-state index contributed by atoms with van der Waals surface area (Å²) in [5.41, 5.74) is 3.61. The zero-order chi connectivity index (χ0) is 22.4. The molecule has 0 fully saturated rings. The van der Waals surface area contributed by atoms with E-state index in [1.165, 1.54) is 4.90 Å². The van der Waals surface area contributed by atoms with Gasteiger partial charge in [-0.25, -0.2) is 0 Å². The Morgan fingerprint density at radius 2 is 1.84 bits per heavy atom. The van der Waals surface area contributed by atoms with Crippen molar-refractivity contribution in [2.24, 2.45) is 7.05 Å². The summed E-state index contributed by atoms with van der Waals surface area (Å²) in [5, 5.41) is 10.8. The number of para-hydroxylation sites is 2. The Labute approximate surface area is 184 Å². The topological polar surface area (TPSA) is 91.1 Å². The van der Waals surface area contributed by atoms with Gasteiger partial charge in [-0.3, -0.25) is 14.5 Å². The molecular weight excluding hydrogens is 404 g/mol. The first-order chi connectivity index (χ1) is 15.5. The van der Waals surface area contributed by atoms with Gasteiger partial charge in [0.05, 0.1) is 42.0 Å². The number of nitrogens with one attached hydrogen (secondary N) is 1. The SMILES string of the molecule is COc1cccc2cc(C3=C(c4cn(C)c5ccccc45)C(=O)N(CCC#N)C3=O)[nH]c12. The number of ether oxygens (including phenoxy) is 1. The smallest absolute Gasteiger partial charge is 0.263 e. The molecule has 0 unspecified atom stereocenters. The number of H-pyrrole nitrogens is 1. The van der Waals surface area contributed by atoms with Crippen molar-refractivity contribution in [1.82, 2.24) is 14.5 Å². The summed E-state index contributed by atoms with van der Waals surface area (Å²) < 4.78 is 7.39. The molecule has 0 radical (unpaired) electrons. The van der Waals surface area contributed by atoms with Gasteiger partial charge in [0, 0.05) is 41.6 Å². The van der Waals surface area contributed by atoms with Crippen molar-refractivity contribution in [3.05, 3.63) is 66.0 Å². The van der Waals surface area contributed by atoms with Crippen molar-refractivity contribution >= 4 is 44.8 Å². The van der Waals surface area contributed by atoms with Crippen LogP contribution >= 0.6 is 0 Å². The minimum Gasteiger partial charge on any atom is -0.495 e. The maximum absolute atomic E-state index is 13.5. The third kappa shape index (κ3) is 2.81. The third-order valence-electron chi connectivity index (χ3n) is 5.89. The van der Waals surface area contributed by atoms with E-state index in [2.05, 4.69) is 4.98 Å². The maximum Gasteiger partial charge on any atom is 0.263 e. The first-order valence-corrected chi connectivity index (χ1v) is 10.2. The van der Waals surface area contributed by atoms with Gasteiger partial charge in [0.1, 0.15) is 5.75 Å². The molecule has 2 aromatic heterocycles. The van der Waals surface area contributed by atoms with E-state index in [4.69, 9.17) is 10.00 Å². The average Bonchev–Trinajstić information content (AvgIpc) is 3.44. The van der Waals surface area contributed by atoms with Gasteiger partial charge in [-0.05, 0) is 18.2 Å². The molecule has 158 valence electrons. The van der Waals surface area contributed by atoms with Crippen LogP contribution in [-0.2, 0) is 16.6 Å². The Bertz CT molecular complexity index is 1480. The van der Waals surface area contributed by atoms with E-state index in [-0.39, 0.29) is 18.9 Å². The van der Waals surface area contributed by atoms with E-state index in [1.807, 2.05) is 72.4 Å². The molecule has 2 aromatic carbocycles. The molecule has 0 saturated carbocycles. The fourth-order valence-corrected chi connectivity index (χ4v) is 4.41. The summed E-state index contributed by atoms with van der Waals surface area (Å²) in [7, 11) is 3.50. The number of benzene rings is 2. The zero-order valence-corrected chi connectivity index (χ0v) is 17.7. The van der Waals surface area contributed by atoms with Crippen LogP contribution in [0.5, 0.6) is 5.75 Å². The largest absolute Gasteiger partial charge is 0.495 e. The number of carbonyl (C=O) groups is 2. The quantitative estimate of drug-likeness (QED) is 0.493. The first-order valence-electron chi connectivity index (χ1n) is 10.2. The number of nitriles is 1. The molecule has 0 aliphatic carbocycles. The number of aromatic amines is 1. The lowest BCUT2D eigenvalue weighted by molar-refractivity contribution is -0.135. The second-order valence-electron chi connectivity index (χ2n) is 7.70. The lowest BCUT2D eigenvalue weighted by Gasteiger charge is -2.12. The number of amides is 2. The highest BCUT2D eigenvalue weighted by Crippen LogP contribution is 2.40. The van der Waals surface area contributed by atoms with Gasteiger partial charge in [0.15, 0.2) is 0 Å². The van der Waals surface area contributed by atoms with Gasteiger partial charge in [0.2, 0.25) is 0 Å². The predicted molar refractivity (Wildman–Crippen MR) is 122 cm³/mol. The summed E-state index contributed by atoms with van der Waals surface area (Å²) in [6.45, 7) is 0.0511. The molecule has 4 aromatic rings. The second kappa shape index (κ2) is 7.43. The molecule has 0 bridgehead atoms. The van der Waals surface area contributed by atoms with Crippen LogP contribution in [0.1, 0.15) is 17.7 Å². The van der Waals surface area contributed by atoms with E-state index in [0.717, 1.165) is 21.8 Å². The van der Waals surface area contributed by atoms with Crippen molar-refractivity contribution in [3.63, 3.8) is 0 Å². The Kier molecular flexibility index (Phi) is 4.56. The molecule has 5 rings (SSSR count). The van der Waals surface area contributed by atoms with E-state index in [9.17, 15) is 9.59 Å². The van der Waals surface area contributed by atoms with Crippen molar-refractivity contribution in [2.45, 2.75) is 6.42 Å². The number of hydrogen-bond acceptors (Lipinski definition) is 4. The van der Waals surface area contributed by atoms with E-state index < -0.39 is 5.91 Å². The molecule has 1 aliphatic heterocycles. The van der Waals surface area contributed by atoms with Crippen LogP contribution < -0.4 is 4.74 Å². The summed E-state index contributed by atoms with van der Waals surface area (Å²) in [6, 6.07) is 17.3. The van der Waals surface area contributed by atoms with Gasteiger partial charge in [-0.15, -0.1) is 0 Å². The van der Waals surface area contributed by atoms with Crippen molar-refractivity contribution in [3.8, 4) is 11.8 Å². The molecule has 0 atom stereocenters. The van der Waals surface area contributed by atoms with Gasteiger partial charge >= 0.3 is 0 Å². The Hall–Kier alpha value is -4.31. The third-order valence-corrected chi connectivity index (χ3v) is 5.89. The molecule has 0 spiro atoms. The number of methoxy groups -OCH3 is 1. The highest BCUT2D eigenvalue weighted by atomic mass is 16.5. The molecular formula is C25H20N4O3. The molecule has 32 heavy (non-hydrogen) atoms. The van der Waals surface area contributed by atoms with Gasteiger partial charge in [0.25, 0.3) is 11.8 Å².